The summed E-state index contributed by atoms with van der Waals surface area (Å²) in [4.78, 5) is 2.40. The van der Waals surface area contributed by atoms with E-state index >= 15 is 0 Å². The van der Waals surface area contributed by atoms with Crippen molar-refractivity contribution < 1.29 is 4.74 Å². The first-order chi connectivity index (χ1) is 9.30. The van der Waals surface area contributed by atoms with Crippen LogP contribution in [0.5, 0.6) is 0 Å². The summed E-state index contributed by atoms with van der Waals surface area (Å²) in [6, 6.07) is 8.92. The molecule has 19 heavy (non-hydrogen) atoms. The summed E-state index contributed by atoms with van der Waals surface area (Å²) in [5.41, 5.74) is 2.73. The molecular weight excluding hydrogens is 236 g/mol. The van der Waals surface area contributed by atoms with Gasteiger partial charge in [0, 0.05) is 26.7 Å². The number of nitrogens with one attached hydrogen (secondary N) is 1. The van der Waals surface area contributed by atoms with Gasteiger partial charge in [0.1, 0.15) is 0 Å². The molecule has 108 valence electrons. The lowest BCUT2D eigenvalue weighted by atomic mass is 10.1. The van der Waals surface area contributed by atoms with E-state index in [-0.39, 0.29) is 0 Å². The molecule has 1 N–H and O–H groups in total. The number of nitrogens with zero attached hydrogens (tertiary/aromatic N) is 1. The van der Waals surface area contributed by atoms with E-state index < -0.39 is 0 Å². The largest absolute Gasteiger partial charge is 0.383 e. The summed E-state index contributed by atoms with van der Waals surface area (Å²) in [7, 11) is 1.76. The molecule has 1 rings (SSSR count). The zero-order valence-corrected chi connectivity index (χ0v) is 12.6. The monoisotopic (exact) mass is 264 g/mol. The van der Waals surface area contributed by atoms with E-state index in [9.17, 15) is 0 Å². The maximum absolute atomic E-state index is 5.14. The number of hydrogen-bond donors (Lipinski definition) is 1. The van der Waals surface area contributed by atoms with E-state index in [2.05, 4.69) is 48.3 Å². The summed E-state index contributed by atoms with van der Waals surface area (Å²) < 4.78 is 5.14. The topological polar surface area (TPSA) is 24.5 Å². The average Bonchev–Trinajstić information content (AvgIpc) is 2.45. The standard InChI is InChI=1S/C16H28N2O/c1-4-10-17-13-15-6-8-16(9-7-15)14-18(5-2)11-12-19-3/h6-9,17H,4-5,10-14H2,1-3H3. The molecule has 0 bridgehead atoms. The van der Waals surface area contributed by atoms with Crippen molar-refractivity contribution in [3.8, 4) is 0 Å². The van der Waals surface area contributed by atoms with Gasteiger partial charge in [0.15, 0.2) is 0 Å². The Morgan fingerprint density at radius 2 is 1.79 bits per heavy atom. The zero-order chi connectivity index (χ0) is 13.9. The number of hydrogen-bond acceptors (Lipinski definition) is 3. The quantitative estimate of drug-likeness (QED) is 0.658. The Morgan fingerprint density at radius 1 is 1.11 bits per heavy atom. The molecule has 0 heterocycles. The summed E-state index contributed by atoms with van der Waals surface area (Å²) >= 11 is 0. The van der Waals surface area contributed by atoms with Gasteiger partial charge in [-0.1, -0.05) is 38.1 Å². The van der Waals surface area contributed by atoms with Crippen molar-refractivity contribution in [2.24, 2.45) is 0 Å². The molecule has 0 aliphatic carbocycles. The van der Waals surface area contributed by atoms with Crippen LogP contribution in [0.2, 0.25) is 0 Å². The second kappa shape index (κ2) is 9.96. The van der Waals surface area contributed by atoms with Crippen molar-refractivity contribution in [3.63, 3.8) is 0 Å². The first-order valence-electron chi connectivity index (χ1n) is 7.30. The van der Waals surface area contributed by atoms with E-state index in [0.29, 0.717) is 0 Å². The van der Waals surface area contributed by atoms with Gasteiger partial charge in [0.25, 0.3) is 0 Å². The highest BCUT2D eigenvalue weighted by atomic mass is 16.5. The molecule has 0 unspecified atom stereocenters. The minimum atomic E-state index is 0.798. The third-order valence-corrected chi connectivity index (χ3v) is 3.24. The van der Waals surface area contributed by atoms with E-state index in [1.807, 2.05) is 0 Å². The minimum Gasteiger partial charge on any atom is -0.383 e. The van der Waals surface area contributed by atoms with Crippen LogP contribution in [-0.2, 0) is 17.8 Å². The van der Waals surface area contributed by atoms with Gasteiger partial charge in [-0.2, -0.15) is 0 Å². The van der Waals surface area contributed by atoms with Gasteiger partial charge in [0.05, 0.1) is 6.61 Å². The molecule has 0 spiro atoms. The van der Waals surface area contributed by atoms with E-state index in [1.165, 1.54) is 17.5 Å². The summed E-state index contributed by atoms with van der Waals surface area (Å²) in [6.07, 6.45) is 1.18. The molecule has 3 nitrogen and oxygen atoms in total. The number of likely N-dealkylation sites (N-methyl/N-ethyl adjacent to an activating group) is 1. The molecule has 1 aromatic carbocycles. The third-order valence-electron chi connectivity index (χ3n) is 3.24. The van der Waals surface area contributed by atoms with Gasteiger partial charge in [-0.3, -0.25) is 4.90 Å². The molecule has 0 aliphatic heterocycles. The Labute approximate surface area is 118 Å². The zero-order valence-electron chi connectivity index (χ0n) is 12.6. The minimum absolute atomic E-state index is 0.798. The predicted octanol–water partition coefficient (Wildman–Crippen LogP) is 2.65. The molecule has 0 saturated carbocycles. The van der Waals surface area contributed by atoms with Crippen molar-refractivity contribution in [1.82, 2.24) is 10.2 Å². The van der Waals surface area contributed by atoms with Gasteiger partial charge >= 0.3 is 0 Å². The SMILES string of the molecule is CCCNCc1ccc(CN(CC)CCOC)cc1. The van der Waals surface area contributed by atoms with Crippen molar-refractivity contribution in [2.45, 2.75) is 33.4 Å². The lowest BCUT2D eigenvalue weighted by molar-refractivity contribution is 0.147. The van der Waals surface area contributed by atoms with E-state index in [4.69, 9.17) is 4.74 Å². The van der Waals surface area contributed by atoms with Crippen LogP contribution in [0.15, 0.2) is 24.3 Å². The van der Waals surface area contributed by atoms with Gasteiger partial charge in [-0.25, -0.2) is 0 Å². The Morgan fingerprint density at radius 3 is 2.37 bits per heavy atom. The fourth-order valence-corrected chi connectivity index (χ4v) is 2.00. The first-order valence-corrected chi connectivity index (χ1v) is 7.30. The van der Waals surface area contributed by atoms with Crippen LogP contribution >= 0.6 is 0 Å². The lowest BCUT2D eigenvalue weighted by Crippen LogP contribution is -2.26. The van der Waals surface area contributed by atoms with Crippen molar-refractivity contribution in [3.05, 3.63) is 35.4 Å². The Kier molecular flexibility index (Phi) is 8.47. The average molecular weight is 264 g/mol. The number of rotatable bonds is 10. The summed E-state index contributed by atoms with van der Waals surface area (Å²) in [5, 5.41) is 3.42. The second-order valence-electron chi connectivity index (χ2n) is 4.85. The van der Waals surface area contributed by atoms with Gasteiger partial charge in [0.2, 0.25) is 0 Å². The van der Waals surface area contributed by atoms with Crippen molar-refractivity contribution >= 4 is 0 Å². The molecule has 0 atom stereocenters. The maximum atomic E-state index is 5.14. The van der Waals surface area contributed by atoms with Crippen LogP contribution in [0.3, 0.4) is 0 Å². The van der Waals surface area contributed by atoms with Crippen molar-refractivity contribution in [2.75, 3.05) is 33.4 Å². The van der Waals surface area contributed by atoms with Crippen LogP contribution in [0.1, 0.15) is 31.4 Å². The Balaban J connectivity index is 2.41. The smallest absolute Gasteiger partial charge is 0.0589 e. The molecule has 3 heteroatoms. The molecule has 0 radical (unpaired) electrons. The Bertz CT molecular complexity index is 324. The van der Waals surface area contributed by atoms with Crippen LogP contribution in [0.4, 0.5) is 0 Å². The summed E-state index contributed by atoms with van der Waals surface area (Å²) in [5.74, 6) is 0. The molecule has 0 aromatic heterocycles. The van der Waals surface area contributed by atoms with Crippen LogP contribution in [-0.4, -0.2) is 38.3 Å². The molecule has 0 amide bonds. The molecule has 0 saturated heterocycles. The van der Waals surface area contributed by atoms with Crippen molar-refractivity contribution in [1.29, 1.82) is 0 Å². The molecular formula is C16H28N2O. The molecule has 0 aliphatic rings. The van der Waals surface area contributed by atoms with Crippen LogP contribution < -0.4 is 5.32 Å². The number of benzene rings is 1. The van der Waals surface area contributed by atoms with Gasteiger partial charge < -0.3 is 10.1 Å². The highest BCUT2D eigenvalue weighted by molar-refractivity contribution is 5.22. The fraction of sp³-hybridized carbons (Fsp3) is 0.625. The fourth-order valence-electron chi connectivity index (χ4n) is 2.00. The normalized spacial score (nSPS) is 11.2. The molecule has 1 aromatic rings. The highest BCUT2D eigenvalue weighted by Crippen LogP contribution is 2.07. The molecule has 0 fully saturated rings. The highest BCUT2D eigenvalue weighted by Gasteiger charge is 2.03. The van der Waals surface area contributed by atoms with E-state index in [0.717, 1.165) is 39.3 Å². The van der Waals surface area contributed by atoms with Gasteiger partial charge in [-0.05, 0) is 30.6 Å². The first kappa shape index (κ1) is 16.2. The van der Waals surface area contributed by atoms with Crippen LogP contribution in [0.25, 0.3) is 0 Å². The Hall–Kier alpha value is -0.900. The summed E-state index contributed by atoms with van der Waals surface area (Å²) in [6.45, 7) is 10.3. The lowest BCUT2D eigenvalue weighted by Gasteiger charge is -2.20. The third kappa shape index (κ3) is 6.71. The maximum Gasteiger partial charge on any atom is 0.0589 e. The number of methoxy groups -OCH3 is 1. The number of ether oxygens (including phenoxy) is 1. The van der Waals surface area contributed by atoms with Crippen LogP contribution in [0, 0.1) is 0 Å². The van der Waals surface area contributed by atoms with E-state index in [1.54, 1.807) is 7.11 Å². The predicted molar refractivity (Wildman–Crippen MR) is 81.3 cm³/mol. The second-order valence-corrected chi connectivity index (χ2v) is 4.85. The van der Waals surface area contributed by atoms with Gasteiger partial charge in [-0.15, -0.1) is 0 Å².